The van der Waals surface area contributed by atoms with E-state index in [0.29, 0.717) is 23.7 Å². The molecule has 0 amide bonds. The zero-order valence-electron chi connectivity index (χ0n) is 15.8. The summed E-state index contributed by atoms with van der Waals surface area (Å²) < 4.78 is 14.9. The van der Waals surface area contributed by atoms with Crippen LogP contribution in [-0.2, 0) is 6.42 Å². The van der Waals surface area contributed by atoms with E-state index in [2.05, 4.69) is 14.8 Å². The first kappa shape index (κ1) is 19.1. The Morgan fingerprint density at radius 1 is 1.37 bits per heavy atom. The van der Waals surface area contributed by atoms with Crippen molar-refractivity contribution >= 4 is 11.7 Å². The van der Waals surface area contributed by atoms with Gasteiger partial charge in [0.25, 0.3) is 5.56 Å². The van der Waals surface area contributed by atoms with Crippen LogP contribution in [0.4, 0.5) is 10.1 Å². The Hall–Kier alpha value is -2.67. The molecule has 6 nitrogen and oxygen atoms in total. The Morgan fingerprint density at radius 3 is 2.67 bits per heavy atom. The molecule has 1 saturated heterocycles. The van der Waals surface area contributed by atoms with Gasteiger partial charge in [0.15, 0.2) is 0 Å². The number of H-pyrrole nitrogens is 1. The van der Waals surface area contributed by atoms with Crippen LogP contribution in [-0.4, -0.2) is 54.2 Å². The number of hydrogen-bond acceptors (Lipinski definition) is 4. The van der Waals surface area contributed by atoms with Crippen LogP contribution in [0.2, 0.25) is 0 Å². The van der Waals surface area contributed by atoms with Crippen molar-refractivity contribution in [1.29, 1.82) is 0 Å². The van der Waals surface area contributed by atoms with E-state index in [-0.39, 0.29) is 11.1 Å². The molecule has 1 aromatic heterocycles. The summed E-state index contributed by atoms with van der Waals surface area (Å²) in [6, 6.07) is 6.75. The van der Waals surface area contributed by atoms with Crippen LogP contribution in [0.5, 0.6) is 0 Å². The predicted octanol–water partition coefficient (Wildman–Crippen LogP) is 2.58. The number of anilines is 1. The van der Waals surface area contributed by atoms with Gasteiger partial charge in [-0.2, -0.15) is 0 Å². The molecule has 1 aliphatic heterocycles. The molecular weight excluding hydrogens is 349 g/mol. The van der Waals surface area contributed by atoms with Crippen molar-refractivity contribution in [1.82, 2.24) is 9.88 Å². The summed E-state index contributed by atoms with van der Waals surface area (Å²) in [4.78, 5) is 30.1. The van der Waals surface area contributed by atoms with Crippen molar-refractivity contribution in [3.8, 4) is 11.3 Å². The molecule has 0 aliphatic carbocycles. The lowest BCUT2D eigenvalue weighted by atomic mass is 10.0. The second-order valence-corrected chi connectivity index (χ2v) is 7.09. The highest BCUT2D eigenvalue weighted by atomic mass is 19.1. The molecule has 0 bridgehead atoms. The van der Waals surface area contributed by atoms with E-state index < -0.39 is 17.3 Å². The Balaban J connectivity index is 1.96. The summed E-state index contributed by atoms with van der Waals surface area (Å²) in [5.74, 6) is -1.73. The number of aromatic nitrogens is 1. The van der Waals surface area contributed by atoms with Crippen molar-refractivity contribution in [3.63, 3.8) is 0 Å². The first-order valence-corrected chi connectivity index (χ1v) is 9.02. The summed E-state index contributed by atoms with van der Waals surface area (Å²) in [6.07, 6.45) is 1.50. The van der Waals surface area contributed by atoms with Crippen LogP contribution < -0.4 is 10.5 Å². The number of aromatic amines is 1. The van der Waals surface area contributed by atoms with E-state index in [9.17, 15) is 14.0 Å². The third-order valence-corrected chi connectivity index (χ3v) is 5.21. The third-order valence-electron chi connectivity index (χ3n) is 5.21. The zero-order valence-corrected chi connectivity index (χ0v) is 15.8. The van der Waals surface area contributed by atoms with Crippen LogP contribution >= 0.6 is 0 Å². The lowest BCUT2D eigenvalue weighted by Gasteiger charge is -2.22. The van der Waals surface area contributed by atoms with E-state index in [0.717, 1.165) is 25.2 Å². The number of halogens is 1. The number of carboxylic acid groups (broad SMARTS) is 1. The van der Waals surface area contributed by atoms with Gasteiger partial charge in [-0.1, -0.05) is 6.92 Å². The fourth-order valence-corrected chi connectivity index (χ4v) is 3.55. The quantitative estimate of drug-likeness (QED) is 0.842. The molecule has 3 rings (SSSR count). The molecule has 1 unspecified atom stereocenters. The largest absolute Gasteiger partial charge is 0.477 e. The van der Waals surface area contributed by atoms with E-state index in [1.165, 1.54) is 12.1 Å². The number of rotatable bonds is 5. The maximum atomic E-state index is 14.9. The number of hydrogen-bond donors (Lipinski definition) is 2. The minimum Gasteiger partial charge on any atom is -0.477 e. The number of aryl methyl sites for hydroxylation is 1. The van der Waals surface area contributed by atoms with Crippen molar-refractivity contribution < 1.29 is 14.3 Å². The van der Waals surface area contributed by atoms with Crippen molar-refractivity contribution in [2.45, 2.75) is 25.8 Å². The highest BCUT2D eigenvalue weighted by Crippen LogP contribution is 2.30. The summed E-state index contributed by atoms with van der Waals surface area (Å²) in [5, 5.41) is 9.12. The van der Waals surface area contributed by atoms with Gasteiger partial charge in [0.1, 0.15) is 11.4 Å². The lowest BCUT2D eigenvalue weighted by molar-refractivity contribution is 0.0695. The normalized spacial score (nSPS) is 16.9. The summed E-state index contributed by atoms with van der Waals surface area (Å²) in [5.41, 5.74) is 0.943. The van der Waals surface area contributed by atoms with E-state index >= 15 is 0 Å². The van der Waals surface area contributed by atoms with Crippen LogP contribution in [0.3, 0.4) is 0 Å². The van der Waals surface area contributed by atoms with E-state index in [4.69, 9.17) is 5.11 Å². The maximum absolute atomic E-state index is 14.9. The zero-order chi connectivity index (χ0) is 19.7. The number of pyridine rings is 1. The highest BCUT2D eigenvalue weighted by molar-refractivity contribution is 5.88. The number of likely N-dealkylation sites (N-methyl/N-ethyl adjacent to an activating group) is 1. The molecule has 2 N–H and O–H groups in total. The highest BCUT2D eigenvalue weighted by Gasteiger charge is 2.25. The molecule has 144 valence electrons. The molecule has 1 aliphatic rings. The molecule has 1 aromatic carbocycles. The number of benzene rings is 1. The van der Waals surface area contributed by atoms with Gasteiger partial charge in [-0.15, -0.1) is 0 Å². The molecule has 2 heterocycles. The van der Waals surface area contributed by atoms with Crippen LogP contribution in [0.15, 0.2) is 29.1 Å². The molecule has 0 radical (unpaired) electrons. The minimum atomic E-state index is -1.29. The average molecular weight is 373 g/mol. The number of carbonyl (C=O) groups is 1. The number of nitrogens with zero attached hydrogens (tertiary/aromatic N) is 2. The number of carboxylic acids is 1. The summed E-state index contributed by atoms with van der Waals surface area (Å²) >= 11 is 0. The van der Waals surface area contributed by atoms with Gasteiger partial charge in [-0.05, 0) is 56.8 Å². The molecule has 7 heteroatoms. The maximum Gasteiger partial charge on any atom is 0.341 e. The molecule has 2 aromatic rings. The van der Waals surface area contributed by atoms with Gasteiger partial charge >= 0.3 is 5.97 Å². The molecule has 0 saturated carbocycles. The van der Waals surface area contributed by atoms with Crippen LogP contribution in [0, 0.1) is 5.82 Å². The third kappa shape index (κ3) is 3.73. The fraction of sp³-hybridized carbons (Fsp3) is 0.400. The van der Waals surface area contributed by atoms with Gasteiger partial charge in [0.05, 0.1) is 5.69 Å². The fourth-order valence-electron chi connectivity index (χ4n) is 3.55. The number of nitrogens with one attached hydrogen (secondary N) is 1. The van der Waals surface area contributed by atoms with E-state index in [1.54, 1.807) is 6.07 Å². The molecular formula is C20H24FN3O3. The van der Waals surface area contributed by atoms with Gasteiger partial charge in [-0.25, -0.2) is 9.18 Å². The Labute approximate surface area is 157 Å². The van der Waals surface area contributed by atoms with Crippen LogP contribution in [0.1, 0.15) is 29.3 Å². The van der Waals surface area contributed by atoms with Crippen LogP contribution in [0.25, 0.3) is 11.3 Å². The van der Waals surface area contributed by atoms with Crippen molar-refractivity contribution in [2.24, 2.45) is 0 Å². The van der Waals surface area contributed by atoms with E-state index in [1.807, 2.05) is 27.1 Å². The average Bonchev–Trinajstić information content (AvgIpc) is 3.11. The minimum absolute atomic E-state index is 0.271. The number of aromatic carboxylic acids is 1. The van der Waals surface area contributed by atoms with Crippen molar-refractivity contribution in [2.75, 3.05) is 32.1 Å². The van der Waals surface area contributed by atoms with Gasteiger partial charge in [0, 0.05) is 30.4 Å². The first-order valence-electron chi connectivity index (χ1n) is 9.02. The van der Waals surface area contributed by atoms with Gasteiger partial charge in [-0.3, -0.25) is 4.79 Å². The second-order valence-electron chi connectivity index (χ2n) is 7.09. The predicted molar refractivity (Wildman–Crippen MR) is 103 cm³/mol. The smallest absolute Gasteiger partial charge is 0.341 e. The summed E-state index contributed by atoms with van der Waals surface area (Å²) in [6.45, 7) is 3.54. The lowest BCUT2D eigenvalue weighted by Crippen LogP contribution is -2.31. The monoisotopic (exact) mass is 373 g/mol. The molecule has 27 heavy (non-hydrogen) atoms. The van der Waals surface area contributed by atoms with Crippen molar-refractivity contribution in [3.05, 3.63) is 51.6 Å². The SMILES string of the molecule is CCc1cc(C(=O)O)c(=O)[nH]c1-c1ccc(N2CCC(N(C)C)C2)cc1F. The Bertz CT molecular complexity index is 923. The Kier molecular flexibility index (Phi) is 5.32. The van der Waals surface area contributed by atoms with Gasteiger partial charge in [0.2, 0.25) is 0 Å². The second kappa shape index (κ2) is 7.52. The molecule has 0 spiro atoms. The Morgan fingerprint density at radius 2 is 2.11 bits per heavy atom. The first-order chi connectivity index (χ1) is 12.8. The summed E-state index contributed by atoms with van der Waals surface area (Å²) in [7, 11) is 4.09. The standard InChI is InChI=1S/C20H24FN3O3/c1-4-12-9-16(20(26)27)19(25)22-18(12)15-6-5-13(10-17(15)21)24-8-7-14(11-24)23(2)3/h5-6,9-10,14H,4,7-8,11H2,1-3H3,(H,22,25)(H,26,27). The molecule has 1 fully saturated rings. The molecule has 1 atom stereocenters. The topological polar surface area (TPSA) is 76.6 Å². The van der Waals surface area contributed by atoms with Gasteiger partial charge < -0.3 is 19.9 Å².